The first-order valence-electron chi connectivity index (χ1n) is 30.7. The van der Waals surface area contributed by atoms with Crippen LogP contribution in [0.5, 0.6) is 0 Å². The lowest BCUT2D eigenvalue weighted by Gasteiger charge is -2.26. The van der Waals surface area contributed by atoms with E-state index in [-0.39, 0.29) is 10.8 Å². The highest BCUT2D eigenvalue weighted by molar-refractivity contribution is 6.08. The molecule has 4 aromatic rings. The number of carbonyl (C=O) groups excluding carboxylic acids is 2. The Morgan fingerprint density at radius 3 is 1.79 bits per heavy atom. The van der Waals surface area contributed by atoms with Gasteiger partial charge in [0.05, 0.1) is 22.5 Å². The summed E-state index contributed by atoms with van der Waals surface area (Å²) in [7, 11) is 0. The van der Waals surface area contributed by atoms with Crippen molar-refractivity contribution >= 4 is 51.8 Å². The monoisotopic (exact) mass is 1110 g/mol. The minimum absolute atomic E-state index is 0.00922. The van der Waals surface area contributed by atoms with Crippen LogP contribution in [0.15, 0.2) is 137 Å². The van der Waals surface area contributed by atoms with Crippen molar-refractivity contribution in [3.63, 3.8) is 0 Å². The van der Waals surface area contributed by atoms with Crippen LogP contribution < -0.4 is 10.6 Å². The fourth-order valence-corrected chi connectivity index (χ4v) is 10.4. The number of nitrogens with one attached hydrogen (secondary N) is 2. The number of terminal acetylenes is 1. The summed E-state index contributed by atoms with van der Waals surface area (Å²) < 4.78 is 4.78. The standard InChI is InChI=1S/C66H90N4O2.C4H10.C2H6.C2H4.C2H2/c1-17-23-28-59-47(11)55-39-51(30-33-61(55)69(59)21-5)64(68-42-49-37-48(41-65(12,13)14)29-32-53(38-49)66(15,16)20-4)58(44-72)57(43-71)63(67-35-25-24-27-50(46(9)10)36-45(7)8)52-31-34-62-56(40-52)54(19-3)60(26-18-2)70(62)22-6;1-4(2)3;3*1-2/h17-18,23,26-27,29-31,33-34,36-40,43-44,46,67-68H,19-22,24-25,28,32,35,41-42H2,1-16H3;4H,1-3H3;1-2H3;1-2H2;1-2H/b23-17-,26-18-,50-27+,63-57-,64-58-;;;;. The van der Waals surface area contributed by atoms with Crippen LogP contribution in [-0.4, -0.2) is 34.8 Å². The number of rotatable bonds is 24. The minimum atomic E-state index is 0.00922. The molecule has 6 nitrogen and oxygen atoms in total. The summed E-state index contributed by atoms with van der Waals surface area (Å²) in [4.78, 5) is 28.4. The molecular weight excluding hydrogens is 1000 g/mol. The van der Waals surface area contributed by atoms with E-state index in [1.54, 1.807) is 0 Å². The molecule has 0 fully saturated rings. The van der Waals surface area contributed by atoms with E-state index < -0.39 is 0 Å². The van der Waals surface area contributed by atoms with Crippen LogP contribution in [0.4, 0.5) is 0 Å². The molecule has 448 valence electrons. The summed E-state index contributed by atoms with van der Waals surface area (Å²) >= 11 is 0. The maximum Gasteiger partial charge on any atom is 0.152 e. The predicted octanol–water partition coefficient (Wildman–Crippen LogP) is 20.5. The van der Waals surface area contributed by atoms with Crippen molar-refractivity contribution in [1.29, 1.82) is 0 Å². The second-order valence-electron chi connectivity index (χ2n) is 23.9. The van der Waals surface area contributed by atoms with Crippen LogP contribution in [-0.2, 0) is 35.5 Å². The Balaban J connectivity index is 0.00000315. The predicted molar refractivity (Wildman–Crippen MR) is 366 cm³/mol. The van der Waals surface area contributed by atoms with Crippen molar-refractivity contribution < 1.29 is 9.59 Å². The fraction of sp³-hybridized carbons (Fsp3) is 0.474. The molecule has 0 bridgehead atoms. The molecule has 0 spiro atoms. The summed E-state index contributed by atoms with van der Waals surface area (Å²) in [6.45, 7) is 54.8. The zero-order valence-electron chi connectivity index (χ0n) is 55.5. The number of hydrogen-bond acceptors (Lipinski definition) is 4. The van der Waals surface area contributed by atoms with Gasteiger partial charge in [-0.3, -0.25) is 9.59 Å². The zero-order chi connectivity index (χ0) is 62.5. The first-order chi connectivity index (χ1) is 39.0. The van der Waals surface area contributed by atoms with E-state index in [1.807, 2.05) is 13.8 Å². The van der Waals surface area contributed by atoms with E-state index in [0.29, 0.717) is 41.5 Å². The second kappa shape index (κ2) is 36.8. The molecule has 0 aliphatic heterocycles. The number of fused-ring (bicyclic) bond motifs is 2. The van der Waals surface area contributed by atoms with E-state index in [0.717, 1.165) is 115 Å². The molecule has 0 saturated carbocycles. The number of carbonyl (C=O) groups is 2. The maximum atomic E-state index is 14.2. The normalized spacial score (nSPS) is 13.5. The topological polar surface area (TPSA) is 68.1 Å². The molecule has 0 amide bonds. The Labute approximate surface area is 501 Å². The van der Waals surface area contributed by atoms with Gasteiger partial charge in [0.1, 0.15) is 0 Å². The van der Waals surface area contributed by atoms with Gasteiger partial charge in [-0.05, 0) is 173 Å². The average Bonchev–Trinajstić information content (AvgIpc) is 3.90. The van der Waals surface area contributed by atoms with Gasteiger partial charge in [0.15, 0.2) is 12.6 Å². The number of allylic oxidation sites excluding steroid dienone is 13. The van der Waals surface area contributed by atoms with E-state index in [2.05, 4.69) is 268 Å². The molecule has 2 N–H and O–H groups in total. The summed E-state index contributed by atoms with van der Waals surface area (Å²) in [5.41, 5.74) is 17.6. The van der Waals surface area contributed by atoms with Crippen molar-refractivity contribution in [2.75, 3.05) is 13.1 Å². The Morgan fingerprint density at radius 2 is 1.32 bits per heavy atom. The van der Waals surface area contributed by atoms with E-state index in [4.69, 9.17) is 0 Å². The van der Waals surface area contributed by atoms with Crippen molar-refractivity contribution in [3.05, 3.63) is 171 Å². The summed E-state index contributed by atoms with van der Waals surface area (Å²) in [6.07, 6.45) is 36.5. The summed E-state index contributed by atoms with van der Waals surface area (Å²) in [5.74, 6) is 1.25. The highest BCUT2D eigenvalue weighted by atomic mass is 16.1. The number of benzene rings is 2. The number of nitrogens with zero attached hydrogens (tertiary/aromatic N) is 2. The Morgan fingerprint density at radius 1 is 0.768 bits per heavy atom. The van der Waals surface area contributed by atoms with Crippen LogP contribution in [0.1, 0.15) is 204 Å². The van der Waals surface area contributed by atoms with Crippen molar-refractivity contribution in [2.45, 2.75) is 203 Å². The highest BCUT2D eigenvalue weighted by Crippen LogP contribution is 2.38. The molecule has 0 saturated heterocycles. The first kappa shape index (κ1) is 73.4. The van der Waals surface area contributed by atoms with Crippen LogP contribution in [0.2, 0.25) is 0 Å². The number of aromatic nitrogens is 2. The molecule has 2 heterocycles. The molecule has 1 aliphatic rings. The number of unbranched alkanes of at least 4 members (excludes halogenated alkanes) is 1. The molecule has 0 unspecified atom stereocenters. The van der Waals surface area contributed by atoms with Crippen molar-refractivity contribution in [1.82, 2.24) is 19.8 Å². The minimum Gasteiger partial charge on any atom is -0.384 e. The summed E-state index contributed by atoms with van der Waals surface area (Å²) in [5, 5.41) is 9.95. The third-order valence-electron chi connectivity index (χ3n) is 14.6. The van der Waals surface area contributed by atoms with Gasteiger partial charge in [-0.1, -0.05) is 174 Å². The van der Waals surface area contributed by atoms with Crippen LogP contribution in [0, 0.1) is 42.4 Å². The fourth-order valence-electron chi connectivity index (χ4n) is 10.4. The number of hydrogen-bond donors (Lipinski definition) is 2. The van der Waals surface area contributed by atoms with Crippen molar-refractivity contribution in [2.24, 2.45) is 22.7 Å². The van der Waals surface area contributed by atoms with Gasteiger partial charge in [0.2, 0.25) is 0 Å². The van der Waals surface area contributed by atoms with Gasteiger partial charge in [0, 0.05) is 65.8 Å². The average molecular weight is 1110 g/mol. The molecule has 0 atom stereocenters. The quantitative estimate of drug-likeness (QED) is 0.0183. The van der Waals surface area contributed by atoms with Crippen LogP contribution in [0.3, 0.4) is 0 Å². The third-order valence-corrected chi connectivity index (χ3v) is 14.6. The molecule has 1 aliphatic carbocycles. The van der Waals surface area contributed by atoms with Gasteiger partial charge in [0.25, 0.3) is 0 Å². The van der Waals surface area contributed by atoms with Gasteiger partial charge in [-0.15, -0.1) is 26.0 Å². The Kier molecular flexibility index (Phi) is 32.9. The maximum absolute atomic E-state index is 14.2. The zero-order valence-corrected chi connectivity index (χ0v) is 55.5. The lowest BCUT2D eigenvalue weighted by atomic mass is 9.79. The van der Waals surface area contributed by atoms with E-state index in [9.17, 15) is 9.59 Å². The van der Waals surface area contributed by atoms with Gasteiger partial charge in [-0.25, -0.2) is 0 Å². The molecule has 0 radical (unpaired) electrons. The lowest BCUT2D eigenvalue weighted by Crippen LogP contribution is -2.22. The molecule has 2 aromatic carbocycles. The second-order valence-corrected chi connectivity index (χ2v) is 23.9. The molecule has 6 heteroatoms. The highest BCUT2D eigenvalue weighted by Gasteiger charge is 2.26. The van der Waals surface area contributed by atoms with Gasteiger partial charge in [-0.2, -0.15) is 0 Å². The number of aryl methyl sites for hydroxylation is 4. The smallest absolute Gasteiger partial charge is 0.152 e. The SMILES string of the molecule is C#C.C/C=C\Cc1c(C)c2cc(/C(NCC3=CC(CC(C)(C)C)=CCC(C(C)(C)CC)=C3)=C(C=O)/C(C=O)=C(\NCCC/C=C(\C=C(C)C)C(C)C)c3ccc4c(c3)c(CC)c(/C=C\C)n4CC)ccc2n1CC.C=C.CC.CC(C)C. The van der Waals surface area contributed by atoms with E-state index >= 15 is 0 Å². The largest absolute Gasteiger partial charge is 0.384 e. The molecular formula is C76H112N4O2. The van der Waals surface area contributed by atoms with Crippen LogP contribution in [0.25, 0.3) is 39.3 Å². The molecule has 5 rings (SSSR count). The van der Waals surface area contributed by atoms with Gasteiger partial charge < -0.3 is 19.8 Å². The van der Waals surface area contributed by atoms with E-state index in [1.165, 1.54) is 44.8 Å². The molecule has 82 heavy (non-hydrogen) atoms. The lowest BCUT2D eigenvalue weighted by molar-refractivity contribution is -0.107. The van der Waals surface area contributed by atoms with Crippen LogP contribution >= 0.6 is 0 Å². The third kappa shape index (κ3) is 20.7. The first-order valence-corrected chi connectivity index (χ1v) is 30.7. The Hall–Kier alpha value is -6.58. The number of aldehydes is 2. The Bertz CT molecular complexity index is 2990. The van der Waals surface area contributed by atoms with Crippen molar-refractivity contribution in [3.8, 4) is 12.8 Å². The van der Waals surface area contributed by atoms with Gasteiger partial charge >= 0.3 is 0 Å². The summed E-state index contributed by atoms with van der Waals surface area (Å²) in [6, 6.07) is 13.1. The molecule has 2 aromatic heterocycles.